The van der Waals surface area contributed by atoms with Gasteiger partial charge in [0.15, 0.2) is 0 Å². The molecular formula is C28H49N5O12. The van der Waals surface area contributed by atoms with Gasteiger partial charge in [0.2, 0.25) is 23.6 Å². The molecule has 258 valence electrons. The number of oxime groups is 1. The van der Waals surface area contributed by atoms with Crippen LogP contribution in [0, 0.1) is 0 Å². The monoisotopic (exact) mass is 647 g/mol. The molecule has 0 radical (unpaired) electrons. The van der Waals surface area contributed by atoms with E-state index < -0.39 is 30.0 Å². The highest BCUT2D eigenvalue weighted by Crippen LogP contribution is 2.01. The van der Waals surface area contributed by atoms with E-state index in [-0.39, 0.29) is 63.4 Å². The smallest absolute Gasteiger partial charge is 0.302 e. The molecule has 0 saturated heterocycles. The number of carbonyl (C=O) groups excluding carboxylic acids is 6. The van der Waals surface area contributed by atoms with Gasteiger partial charge in [-0.1, -0.05) is 5.16 Å². The summed E-state index contributed by atoms with van der Waals surface area (Å²) in [6, 6.07) is -0.794. The maximum absolute atomic E-state index is 11.9. The molecule has 45 heavy (non-hydrogen) atoms. The molecule has 0 aliphatic heterocycles. The molecule has 0 aromatic rings. The number of amides is 4. The fourth-order valence-corrected chi connectivity index (χ4v) is 3.28. The van der Waals surface area contributed by atoms with E-state index in [0.29, 0.717) is 45.6 Å². The molecule has 17 heteroatoms. The van der Waals surface area contributed by atoms with Gasteiger partial charge in [0.05, 0.1) is 13.2 Å². The topological polar surface area (TPSA) is 218 Å². The molecule has 0 bridgehead atoms. The molecule has 0 spiro atoms. The molecule has 4 amide bonds. The summed E-state index contributed by atoms with van der Waals surface area (Å²) in [5.41, 5.74) is 2.28. The fraction of sp³-hybridized carbons (Fsp3) is 0.750. The average Bonchev–Trinajstić information content (AvgIpc) is 2.99. The van der Waals surface area contributed by atoms with Crippen LogP contribution in [0.4, 0.5) is 0 Å². The Morgan fingerprint density at radius 3 is 2.16 bits per heavy atom. The Bertz CT molecular complexity index is 900. The van der Waals surface area contributed by atoms with Gasteiger partial charge in [-0.3, -0.25) is 33.6 Å². The van der Waals surface area contributed by atoms with Gasteiger partial charge in [0, 0.05) is 73.1 Å². The van der Waals surface area contributed by atoms with E-state index in [2.05, 4.69) is 26.6 Å². The largest absolute Gasteiger partial charge is 0.463 e. The highest BCUT2D eigenvalue weighted by molar-refractivity contribution is 5.87. The molecule has 0 aliphatic rings. The van der Waals surface area contributed by atoms with Crippen LogP contribution in [0.25, 0.3) is 0 Å². The van der Waals surface area contributed by atoms with E-state index in [4.69, 9.17) is 28.6 Å². The van der Waals surface area contributed by atoms with Crippen molar-refractivity contribution in [3.05, 3.63) is 0 Å². The van der Waals surface area contributed by atoms with Crippen LogP contribution in [-0.2, 0) is 57.4 Å². The number of nitrogens with zero attached hydrogens (tertiary/aromatic N) is 1. The Kier molecular flexibility index (Phi) is 25.3. The van der Waals surface area contributed by atoms with E-state index in [1.165, 1.54) is 27.8 Å². The summed E-state index contributed by atoms with van der Waals surface area (Å²) < 4.78 is 20.8. The number of hydroxylamine groups is 1. The minimum atomic E-state index is -0.794. The minimum absolute atomic E-state index is 0.00186. The Balaban J connectivity index is 3.68. The standard InChI is InChI=1S/C28H49N5O12/c1-21(34)32-25(28(39)29-4)10-11-27(38)33-45-17-8-16-44-31-12-5-6-14-40-18-13-30-26(37)9-7-15-41-24(19-42-22(2)35)20-43-23(3)36/h12,24-25H,5-11,13-20H2,1-4H3,(H,29,39)(H,30,37)(H,32,34)(H,33,38)/b31-12-/t25-/m0/s1. The number of ether oxygens (including phenoxy) is 4. The molecule has 0 unspecified atom stereocenters. The first kappa shape index (κ1) is 41.2. The SMILES string of the molecule is CNC(=O)[C@H](CCC(=O)NOCCCO/N=C\CCCOCCNC(=O)CCCOC(COC(C)=O)COC(C)=O)NC(C)=O. The van der Waals surface area contributed by atoms with E-state index in [9.17, 15) is 28.8 Å². The third-order valence-corrected chi connectivity index (χ3v) is 5.45. The molecule has 0 aromatic heterocycles. The summed E-state index contributed by atoms with van der Waals surface area (Å²) >= 11 is 0. The predicted molar refractivity (Wildman–Crippen MR) is 159 cm³/mol. The van der Waals surface area contributed by atoms with Crippen LogP contribution in [0.3, 0.4) is 0 Å². The van der Waals surface area contributed by atoms with Crippen LogP contribution < -0.4 is 21.4 Å². The second kappa shape index (κ2) is 27.7. The van der Waals surface area contributed by atoms with Crippen molar-refractivity contribution in [1.82, 2.24) is 21.4 Å². The Hall–Kier alpha value is -3.83. The fourth-order valence-electron chi connectivity index (χ4n) is 3.28. The van der Waals surface area contributed by atoms with Crippen molar-refractivity contribution in [3.63, 3.8) is 0 Å². The van der Waals surface area contributed by atoms with Gasteiger partial charge in [0.1, 0.15) is 32.0 Å². The van der Waals surface area contributed by atoms with Gasteiger partial charge >= 0.3 is 11.9 Å². The molecule has 1 atom stereocenters. The Morgan fingerprint density at radius 2 is 1.51 bits per heavy atom. The number of rotatable bonds is 27. The van der Waals surface area contributed by atoms with E-state index >= 15 is 0 Å². The van der Waals surface area contributed by atoms with E-state index in [1.54, 1.807) is 6.21 Å². The van der Waals surface area contributed by atoms with Crippen LogP contribution in [-0.4, -0.2) is 114 Å². The second-order valence-electron chi connectivity index (χ2n) is 9.56. The lowest BCUT2D eigenvalue weighted by Crippen LogP contribution is -2.45. The molecule has 4 N–H and O–H groups in total. The lowest BCUT2D eigenvalue weighted by molar-refractivity contribution is -0.152. The summed E-state index contributed by atoms with van der Waals surface area (Å²) in [4.78, 5) is 78.8. The first-order valence-electron chi connectivity index (χ1n) is 14.8. The van der Waals surface area contributed by atoms with Crippen molar-refractivity contribution < 1.29 is 57.4 Å². The quantitative estimate of drug-likeness (QED) is 0.0390. The van der Waals surface area contributed by atoms with Gasteiger partial charge in [-0.05, 0) is 25.7 Å². The highest BCUT2D eigenvalue weighted by atomic mass is 16.7. The van der Waals surface area contributed by atoms with Gasteiger partial charge in [-0.15, -0.1) is 0 Å². The Labute approximate surface area is 263 Å². The number of esters is 2. The third kappa shape index (κ3) is 27.5. The van der Waals surface area contributed by atoms with Crippen LogP contribution in [0.1, 0.15) is 65.7 Å². The molecule has 0 fully saturated rings. The number of carbonyl (C=O) groups is 6. The molecule has 0 heterocycles. The first-order valence-corrected chi connectivity index (χ1v) is 14.8. The number of unbranched alkanes of at least 4 members (excludes halogenated alkanes) is 1. The van der Waals surface area contributed by atoms with Gasteiger partial charge in [-0.2, -0.15) is 0 Å². The summed E-state index contributed by atoms with van der Waals surface area (Å²) in [6.45, 7) is 5.71. The van der Waals surface area contributed by atoms with Crippen LogP contribution >= 0.6 is 0 Å². The molecule has 0 aromatic carbocycles. The number of nitrogens with one attached hydrogen (secondary N) is 4. The van der Waals surface area contributed by atoms with Crippen molar-refractivity contribution in [2.75, 3.05) is 59.8 Å². The van der Waals surface area contributed by atoms with Crippen molar-refractivity contribution in [3.8, 4) is 0 Å². The average molecular weight is 648 g/mol. The molecule has 17 nitrogen and oxygen atoms in total. The number of hydrogen-bond acceptors (Lipinski definition) is 13. The second-order valence-corrected chi connectivity index (χ2v) is 9.56. The van der Waals surface area contributed by atoms with Crippen molar-refractivity contribution in [2.45, 2.75) is 77.9 Å². The predicted octanol–water partition coefficient (Wildman–Crippen LogP) is -0.338. The van der Waals surface area contributed by atoms with Crippen LogP contribution in [0.5, 0.6) is 0 Å². The zero-order valence-electron chi connectivity index (χ0n) is 26.7. The maximum atomic E-state index is 11.9. The van der Waals surface area contributed by atoms with Crippen LogP contribution in [0.15, 0.2) is 5.16 Å². The van der Waals surface area contributed by atoms with Crippen molar-refractivity contribution >= 4 is 41.8 Å². The minimum Gasteiger partial charge on any atom is -0.463 e. The molecular weight excluding hydrogens is 598 g/mol. The maximum Gasteiger partial charge on any atom is 0.302 e. The summed E-state index contributed by atoms with van der Waals surface area (Å²) in [6.07, 6.45) is 3.69. The van der Waals surface area contributed by atoms with Gasteiger partial charge < -0.3 is 39.7 Å². The zero-order chi connectivity index (χ0) is 33.7. The molecule has 0 saturated carbocycles. The van der Waals surface area contributed by atoms with Gasteiger partial charge in [-0.25, -0.2) is 5.48 Å². The molecule has 0 rings (SSSR count). The van der Waals surface area contributed by atoms with Crippen molar-refractivity contribution in [1.29, 1.82) is 0 Å². The zero-order valence-corrected chi connectivity index (χ0v) is 26.7. The number of likely N-dealkylation sites (N-methyl/N-ethyl adjacent to an activating group) is 1. The van der Waals surface area contributed by atoms with E-state index in [1.807, 2.05) is 0 Å². The highest BCUT2D eigenvalue weighted by Gasteiger charge is 2.19. The third-order valence-electron chi connectivity index (χ3n) is 5.45. The molecule has 0 aliphatic carbocycles. The summed E-state index contributed by atoms with van der Waals surface area (Å²) in [5.74, 6) is -2.24. The summed E-state index contributed by atoms with van der Waals surface area (Å²) in [5, 5.41) is 11.5. The normalized spacial score (nSPS) is 11.5. The summed E-state index contributed by atoms with van der Waals surface area (Å²) in [7, 11) is 1.45. The first-order chi connectivity index (χ1) is 21.5. The van der Waals surface area contributed by atoms with Crippen LogP contribution in [0.2, 0.25) is 0 Å². The van der Waals surface area contributed by atoms with E-state index in [0.717, 1.165) is 6.42 Å². The Morgan fingerprint density at radius 1 is 0.800 bits per heavy atom. The number of hydrogen-bond donors (Lipinski definition) is 4. The van der Waals surface area contributed by atoms with Gasteiger partial charge in [0.25, 0.3) is 0 Å². The lowest BCUT2D eigenvalue weighted by Gasteiger charge is -2.17. The lowest BCUT2D eigenvalue weighted by atomic mass is 10.1. The van der Waals surface area contributed by atoms with Crippen molar-refractivity contribution in [2.24, 2.45) is 5.16 Å².